The second-order valence-electron chi connectivity index (χ2n) is 5.43. The van der Waals surface area contributed by atoms with Crippen molar-refractivity contribution in [3.05, 3.63) is 41.2 Å². The largest absolute Gasteiger partial charge is 0.365 e. The van der Waals surface area contributed by atoms with Gasteiger partial charge in [0.05, 0.1) is 24.0 Å². The number of benzene rings is 1. The summed E-state index contributed by atoms with van der Waals surface area (Å²) in [4.78, 5) is 24.7. The van der Waals surface area contributed by atoms with E-state index in [4.69, 9.17) is 4.74 Å². The van der Waals surface area contributed by atoms with Crippen LogP contribution in [0.3, 0.4) is 0 Å². The molecule has 0 aromatic heterocycles. The highest BCUT2D eigenvalue weighted by Gasteiger charge is 2.62. The van der Waals surface area contributed by atoms with Crippen molar-refractivity contribution in [1.29, 1.82) is 0 Å². The average Bonchev–Trinajstić information content (AvgIpc) is 3.20. The lowest BCUT2D eigenvalue weighted by atomic mass is 9.85. The van der Waals surface area contributed by atoms with Crippen LogP contribution in [0.5, 0.6) is 0 Å². The minimum absolute atomic E-state index is 0.0428. The van der Waals surface area contributed by atoms with Crippen molar-refractivity contribution >= 4 is 17.5 Å². The molecule has 0 N–H and O–H groups in total. The van der Waals surface area contributed by atoms with Crippen molar-refractivity contribution in [1.82, 2.24) is 0 Å². The molecule has 0 saturated carbocycles. The van der Waals surface area contributed by atoms with E-state index < -0.39 is 70.6 Å². The number of anilines is 1. The minimum Gasteiger partial charge on any atom is -0.365 e. The fourth-order valence-electron chi connectivity index (χ4n) is 3.31. The summed E-state index contributed by atoms with van der Waals surface area (Å²) in [6.45, 7) is 0. The van der Waals surface area contributed by atoms with Crippen LogP contribution >= 0.6 is 0 Å². The number of hydrogen-bond donors (Lipinski definition) is 0. The summed E-state index contributed by atoms with van der Waals surface area (Å²) >= 11 is 0. The molecule has 4 atom stereocenters. The predicted molar refractivity (Wildman–Crippen MR) is 63.5 cm³/mol. The lowest BCUT2D eigenvalue weighted by molar-refractivity contribution is -0.124. The van der Waals surface area contributed by atoms with Crippen molar-refractivity contribution in [3.8, 4) is 0 Å². The standard InChI is InChI=1S/C14H6F5NO3/c15-7-8(16)10(18)12(11(19)9(7)17)20-13(21)5-3-1-2-4(23-3)6(5)14(20)22/h1-6H/t3-,4+,5-,6+. The highest BCUT2D eigenvalue weighted by atomic mass is 19.2. The number of amides is 2. The molecule has 3 aliphatic rings. The van der Waals surface area contributed by atoms with Gasteiger partial charge in [-0.1, -0.05) is 12.2 Å². The van der Waals surface area contributed by atoms with E-state index in [2.05, 4.69) is 0 Å². The lowest BCUT2D eigenvalue weighted by Crippen LogP contribution is -2.36. The highest BCUT2D eigenvalue weighted by Crippen LogP contribution is 2.47. The second kappa shape index (κ2) is 4.38. The third-order valence-corrected chi connectivity index (χ3v) is 4.32. The molecule has 2 amide bonds. The van der Waals surface area contributed by atoms with Gasteiger partial charge in [0.15, 0.2) is 23.3 Å². The Morgan fingerprint density at radius 3 is 1.57 bits per heavy atom. The Labute approximate surface area is 125 Å². The quantitative estimate of drug-likeness (QED) is 0.259. The van der Waals surface area contributed by atoms with Gasteiger partial charge in [0.25, 0.3) is 0 Å². The van der Waals surface area contributed by atoms with E-state index in [0.717, 1.165) is 0 Å². The number of carbonyl (C=O) groups is 2. The van der Waals surface area contributed by atoms with E-state index in [1.165, 1.54) is 12.2 Å². The minimum atomic E-state index is -2.35. The molecule has 9 heteroatoms. The van der Waals surface area contributed by atoms with Crippen LogP contribution in [0.1, 0.15) is 0 Å². The van der Waals surface area contributed by atoms with Crippen LogP contribution in [0.4, 0.5) is 27.6 Å². The predicted octanol–water partition coefficient (Wildman–Crippen LogP) is 1.82. The van der Waals surface area contributed by atoms with Gasteiger partial charge in [0.1, 0.15) is 5.69 Å². The molecule has 1 aromatic rings. The first-order valence-corrected chi connectivity index (χ1v) is 6.57. The van der Waals surface area contributed by atoms with Gasteiger partial charge in [0, 0.05) is 0 Å². The van der Waals surface area contributed by atoms with Gasteiger partial charge in [-0.25, -0.2) is 26.9 Å². The van der Waals surface area contributed by atoms with Crippen molar-refractivity contribution in [2.24, 2.45) is 11.8 Å². The maximum absolute atomic E-state index is 13.9. The Bertz CT molecular complexity index is 749. The molecule has 0 aliphatic carbocycles. The number of nitrogens with zero attached hydrogens (tertiary/aromatic N) is 1. The zero-order chi connectivity index (χ0) is 16.6. The van der Waals surface area contributed by atoms with Gasteiger partial charge in [0.2, 0.25) is 17.6 Å². The fourth-order valence-corrected chi connectivity index (χ4v) is 3.31. The Morgan fingerprint density at radius 2 is 1.13 bits per heavy atom. The van der Waals surface area contributed by atoms with Crippen molar-refractivity contribution in [2.45, 2.75) is 12.2 Å². The van der Waals surface area contributed by atoms with Crippen molar-refractivity contribution in [3.63, 3.8) is 0 Å². The summed E-state index contributed by atoms with van der Waals surface area (Å²) in [5.74, 6) is -15.3. The number of fused-ring (bicyclic) bond motifs is 5. The molecule has 3 heterocycles. The maximum atomic E-state index is 13.9. The molecule has 1 aromatic carbocycles. The number of carbonyl (C=O) groups excluding carboxylic acids is 2. The van der Waals surface area contributed by atoms with E-state index in [0.29, 0.717) is 0 Å². The third kappa shape index (κ3) is 1.57. The molecule has 4 nitrogen and oxygen atoms in total. The summed E-state index contributed by atoms with van der Waals surface area (Å²) in [5, 5.41) is 0. The maximum Gasteiger partial charge on any atom is 0.240 e. The molecule has 0 spiro atoms. The summed E-state index contributed by atoms with van der Waals surface area (Å²) in [5.41, 5.74) is -1.54. The number of halogens is 5. The first-order valence-electron chi connectivity index (χ1n) is 6.57. The number of imide groups is 1. The number of ether oxygens (including phenoxy) is 1. The first kappa shape index (κ1) is 14.3. The summed E-state index contributed by atoms with van der Waals surface area (Å²) in [7, 11) is 0. The lowest BCUT2D eigenvalue weighted by Gasteiger charge is -2.19. The van der Waals surface area contributed by atoms with E-state index >= 15 is 0 Å². The first-order chi connectivity index (χ1) is 10.8. The molecule has 3 aliphatic heterocycles. The molecular weight excluding hydrogens is 325 g/mol. The van der Waals surface area contributed by atoms with Gasteiger partial charge >= 0.3 is 0 Å². The second-order valence-corrected chi connectivity index (χ2v) is 5.43. The highest BCUT2D eigenvalue weighted by molar-refractivity contribution is 6.23. The summed E-state index contributed by atoms with van der Waals surface area (Å²) < 4.78 is 72.8. The van der Waals surface area contributed by atoms with E-state index in [-0.39, 0.29) is 4.90 Å². The average molecular weight is 331 g/mol. The normalized spacial score (nSPS) is 31.4. The SMILES string of the molecule is O=C1[C@@H]2[C@H](C(=O)N1c1c(F)c(F)c(F)c(F)c1F)[C@H]1C=C[C@@H]2O1. The van der Waals surface area contributed by atoms with Crippen molar-refractivity contribution in [2.75, 3.05) is 4.90 Å². The van der Waals surface area contributed by atoms with E-state index in [1.54, 1.807) is 0 Å². The molecule has 2 bridgehead atoms. The van der Waals surface area contributed by atoms with Crippen LogP contribution in [0, 0.1) is 40.9 Å². The molecule has 2 saturated heterocycles. The smallest absolute Gasteiger partial charge is 0.240 e. The zero-order valence-electron chi connectivity index (χ0n) is 11.0. The molecular formula is C14H6F5NO3. The molecule has 0 unspecified atom stereocenters. The van der Waals surface area contributed by atoms with Crippen LogP contribution in [0.25, 0.3) is 0 Å². The van der Waals surface area contributed by atoms with Crippen LogP contribution in [-0.2, 0) is 14.3 Å². The Kier molecular flexibility index (Phi) is 2.72. The Morgan fingerprint density at radius 1 is 0.739 bits per heavy atom. The monoisotopic (exact) mass is 331 g/mol. The summed E-state index contributed by atoms with van der Waals surface area (Å²) in [6, 6.07) is 0. The van der Waals surface area contributed by atoms with Crippen LogP contribution < -0.4 is 4.90 Å². The van der Waals surface area contributed by atoms with Gasteiger partial charge in [-0.05, 0) is 0 Å². The number of hydrogen-bond acceptors (Lipinski definition) is 3. The number of rotatable bonds is 1. The van der Waals surface area contributed by atoms with Crippen LogP contribution in [0.2, 0.25) is 0 Å². The molecule has 0 radical (unpaired) electrons. The van der Waals surface area contributed by atoms with Gasteiger partial charge in [-0.15, -0.1) is 0 Å². The van der Waals surface area contributed by atoms with Crippen molar-refractivity contribution < 1.29 is 36.3 Å². The summed E-state index contributed by atoms with van der Waals surface area (Å²) in [6.07, 6.45) is 1.57. The van der Waals surface area contributed by atoms with Gasteiger partial charge in [-0.2, -0.15) is 0 Å². The third-order valence-electron chi connectivity index (χ3n) is 4.32. The Balaban J connectivity index is 1.88. The van der Waals surface area contributed by atoms with E-state index in [9.17, 15) is 31.5 Å². The molecule has 4 rings (SSSR count). The molecule has 2 fully saturated rings. The fraction of sp³-hybridized carbons (Fsp3) is 0.286. The van der Waals surface area contributed by atoms with Gasteiger partial charge in [-0.3, -0.25) is 9.59 Å². The van der Waals surface area contributed by atoms with Gasteiger partial charge < -0.3 is 4.74 Å². The molecule has 120 valence electrons. The van der Waals surface area contributed by atoms with E-state index in [1.807, 2.05) is 0 Å². The molecule has 23 heavy (non-hydrogen) atoms. The topological polar surface area (TPSA) is 46.6 Å². The van der Waals surface area contributed by atoms with Crippen LogP contribution in [-0.4, -0.2) is 24.0 Å². The van der Waals surface area contributed by atoms with Crippen LogP contribution in [0.15, 0.2) is 12.2 Å². The zero-order valence-corrected chi connectivity index (χ0v) is 11.0. The Hall–Kier alpha value is -2.29.